The minimum absolute atomic E-state index is 0.0131. The molecule has 0 unspecified atom stereocenters. The molecule has 3 heterocycles. The number of rotatable bonds is 4. The summed E-state index contributed by atoms with van der Waals surface area (Å²) in [6.45, 7) is 4.26. The molecule has 3 fully saturated rings. The summed E-state index contributed by atoms with van der Waals surface area (Å²) >= 11 is 0. The van der Waals surface area contributed by atoms with Crippen molar-refractivity contribution in [3.63, 3.8) is 0 Å². The van der Waals surface area contributed by atoms with Gasteiger partial charge in [-0.3, -0.25) is 24.0 Å². The zero-order chi connectivity index (χ0) is 41.7. The molecule has 2 aliphatic carbocycles. The van der Waals surface area contributed by atoms with E-state index in [-0.39, 0.29) is 45.0 Å². The molecule has 17 heteroatoms. The summed E-state index contributed by atoms with van der Waals surface area (Å²) in [5, 5.41) is 8.82. The standard InChI is InChI=1S/C42H53FN6O9S/c1-2-29-22-42(29)39(52)47-59(55,56)26-28-13-7-10-18-34(28)44-20-11-5-3-4-6-19-35(45-40(53)57-30-15-8-9-16-30)38(51)49-24-31(21-36(49)37(50)46-42)58-41(54)48-23-27-14-12-17-33(43)32(27)25-48/h2,7,10,12-14,17-18,29-31,35-36,44H,1,3-6,8-9,11,15-16,19-26H2,(H,45,53)(H,46,50)(H,47,52)/t29-,31-,35+,36+,42-/m1/s1. The van der Waals surface area contributed by atoms with Crippen LogP contribution >= 0.6 is 0 Å². The molecule has 0 bridgehead atoms. The van der Waals surface area contributed by atoms with Crippen molar-refractivity contribution < 1.29 is 46.3 Å². The van der Waals surface area contributed by atoms with Crippen molar-refractivity contribution in [3.8, 4) is 0 Å². The molecular weight excluding hydrogens is 784 g/mol. The van der Waals surface area contributed by atoms with Crippen molar-refractivity contribution >= 4 is 45.6 Å². The van der Waals surface area contributed by atoms with Crippen molar-refractivity contribution in [2.24, 2.45) is 5.92 Å². The fourth-order valence-corrected chi connectivity index (χ4v) is 9.95. The summed E-state index contributed by atoms with van der Waals surface area (Å²) in [5.41, 5.74) is 0.449. The molecule has 5 aliphatic rings. The van der Waals surface area contributed by atoms with Crippen LogP contribution in [0, 0.1) is 11.7 Å². The highest BCUT2D eigenvalue weighted by molar-refractivity contribution is 7.89. The number of hydrogen-bond acceptors (Lipinski definition) is 10. The van der Waals surface area contributed by atoms with E-state index in [0.717, 1.165) is 51.4 Å². The maximum Gasteiger partial charge on any atom is 0.410 e. The summed E-state index contributed by atoms with van der Waals surface area (Å²) < 4.78 is 55.2. The highest BCUT2D eigenvalue weighted by Crippen LogP contribution is 2.45. The summed E-state index contributed by atoms with van der Waals surface area (Å²) in [6, 6.07) is 9.21. The van der Waals surface area contributed by atoms with E-state index in [9.17, 15) is 36.8 Å². The normalized spacial score (nSPS) is 27.8. The smallest absolute Gasteiger partial charge is 0.410 e. The molecule has 1 saturated heterocycles. The van der Waals surface area contributed by atoms with Gasteiger partial charge in [-0.25, -0.2) is 22.4 Å². The number of fused-ring (bicyclic) bond motifs is 3. The fraction of sp³-hybridized carbons (Fsp3) is 0.548. The van der Waals surface area contributed by atoms with Crippen LogP contribution in [0.2, 0.25) is 0 Å². The molecule has 59 heavy (non-hydrogen) atoms. The molecular formula is C42H53FN6O9S. The maximum absolute atomic E-state index is 14.6. The average molecular weight is 837 g/mol. The Bertz CT molecular complexity index is 2060. The highest BCUT2D eigenvalue weighted by Gasteiger charge is 2.61. The number of halogens is 1. The van der Waals surface area contributed by atoms with Gasteiger partial charge in [-0.2, -0.15) is 0 Å². The van der Waals surface area contributed by atoms with E-state index in [1.807, 2.05) is 0 Å². The van der Waals surface area contributed by atoms with E-state index in [4.69, 9.17) is 9.47 Å². The summed E-state index contributed by atoms with van der Waals surface area (Å²) in [6.07, 6.45) is 6.00. The van der Waals surface area contributed by atoms with Crippen LogP contribution in [0.5, 0.6) is 0 Å². The molecule has 2 saturated carbocycles. The van der Waals surface area contributed by atoms with Gasteiger partial charge in [0.05, 0.1) is 18.8 Å². The van der Waals surface area contributed by atoms with Gasteiger partial charge in [-0.1, -0.05) is 62.1 Å². The molecule has 5 amide bonds. The Hall–Kier alpha value is -5.19. The molecule has 1 spiro atoms. The van der Waals surface area contributed by atoms with Crippen molar-refractivity contribution in [1.82, 2.24) is 25.2 Å². The molecule has 318 valence electrons. The van der Waals surface area contributed by atoms with Gasteiger partial charge in [0.15, 0.2) is 0 Å². The molecule has 3 aliphatic heterocycles. The monoisotopic (exact) mass is 836 g/mol. The Morgan fingerprint density at radius 2 is 1.63 bits per heavy atom. The number of amides is 5. The minimum atomic E-state index is -4.25. The number of alkyl carbamates (subject to hydrolysis) is 1. The number of ether oxygens (including phenoxy) is 2. The quantitative estimate of drug-likeness (QED) is 0.313. The van der Waals surface area contributed by atoms with Crippen molar-refractivity contribution in [3.05, 3.63) is 77.6 Å². The summed E-state index contributed by atoms with van der Waals surface area (Å²) in [4.78, 5) is 72.2. The van der Waals surface area contributed by atoms with Crippen LogP contribution in [0.1, 0.15) is 93.7 Å². The topological polar surface area (TPSA) is 193 Å². The number of carbonyl (C=O) groups is 5. The lowest BCUT2D eigenvalue weighted by Gasteiger charge is -2.30. The molecule has 15 nitrogen and oxygen atoms in total. The number of benzene rings is 2. The molecule has 0 radical (unpaired) electrons. The van der Waals surface area contributed by atoms with Crippen molar-refractivity contribution in [2.45, 2.75) is 126 Å². The summed E-state index contributed by atoms with van der Waals surface area (Å²) in [5.74, 6) is -3.85. The number of sulfonamides is 1. The SMILES string of the molecule is C=C[C@@H]1C[C@@]12NC(=O)[C@@H]1C[C@@H](OC(=O)N3Cc4cccc(F)c4C3)CN1C(=O)[C@@H](NC(=O)OC1CCCC1)CCCCCCCNc1ccccc1CS(=O)(=O)NC2=O. The second-order valence-corrected chi connectivity index (χ2v) is 18.0. The first-order chi connectivity index (χ1) is 28.4. The van der Waals surface area contributed by atoms with Crippen LogP contribution in [0.3, 0.4) is 0 Å². The van der Waals surface area contributed by atoms with Crippen LogP contribution in [-0.4, -0.2) is 91.0 Å². The molecule has 4 N–H and O–H groups in total. The zero-order valence-corrected chi connectivity index (χ0v) is 33.9. The summed E-state index contributed by atoms with van der Waals surface area (Å²) in [7, 11) is -4.25. The first kappa shape index (κ1) is 42.0. The molecule has 2 aromatic carbocycles. The maximum atomic E-state index is 14.6. The lowest BCUT2D eigenvalue weighted by Crippen LogP contribution is -2.58. The van der Waals surface area contributed by atoms with Crippen LogP contribution in [0.15, 0.2) is 55.1 Å². The Morgan fingerprint density at radius 1 is 0.898 bits per heavy atom. The van der Waals surface area contributed by atoms with Gasteiger partial charge in [0.25, 0.3) is 5.91 Å². The van der Waals surface area contributed by atoms with Gasteiger partial charge in [-0.15, -0.1) is 6.58 Å². The predicted molar refractivity (Wildman–Crippen MR) is 214 cm³/mol. The molecule has 7 rings (SSSR count). The Morgan fingerprint density at radius 3 is 2.39 bits per heavy atom. The lowest BCUT2D eigenvalue weighted by atomic mass is 10.0. The van der Waals surface area contributed by atoms with Crippen LogP contribution < -0.4 is 20.7 Å². The van der Waals surface area contributed by atoms with Crippen LogP contribution in [0.4, 0.5) is 19.7 Å². The van der Waals surface area contributed by atoms with E-state index < -0.39 is 81.1 Å². The third-order valence-corrected chi connectivity index (χ3v) is 13.3. The molecule has 0 aromatic heterocycles. The van der Waals surface area contributed by atoms with E-state index in [1.54, 1.807) is 36.4 Å². The Balaban J connectivity index is 1.15. The molecule has 2 aromatic rings. The second kappa shape index (κ2) is 18.0. The van der Waals surface area contributed by atoms with E-state index in [1.165, 1.54) is 21.9 Å². The predicted octanol–water partition coefficient (Wildman–Crippen LogP) is 4.76. The van der Waals surface area contributed by atoms with Gasteiger partial charge >= 0.3 is 12.2 Å². The van der Waals surface area contributed by atoms with Gasteiger partial charge in [-0.05, 0) is 68.2 Å². The molecule has 5 atom stereocenters. The Labute approximate surface area is 343 Å². The Kier molecular flexibility index (Phi) is 12.8. The first-order valence-corrected chi connectivity index (χ1v) is 22.3. The zero-order valence-electron chi connectivity index (χ0n) is 33.1. The van der Waals surface area contributed by atoms with Gasteiger partial charge in [0.1, 0.15) is 35.6 Å². The third kappa shape index (κ3) is 9.82. The number of hydrogen-bond donors (Lipinski definition) is 4. The second-order valence-electron chi connectivity index (χ2n) is 16.3. The van der Waals surface area contributed by atoms with Gasteiger partial charge in [0.2, 0.25) is 21.8 Å². The van der Waals surface area contributed by atoms with Crippen molar-refractivity contribution in [1.29, 1.82) is 0 Å². The van der Waals surface area contributed by atoms with E-state index in [2.05, 4.69) is 27.3 Å². The number of nitrogens with zero attached hydrogens (tertiary/aromatic N) is 2. The average Bonchev–Trinajstić information content (AvgIpc) is 3.60. The number of anilines is 1. The van der Waals surface area contributed by atoms with Crippen molar-refractivity contribution in [2.75, 3.05) is 18.4 Å². The van der Waals surface area contributed by atoms with Crippen LogP contribution in [-0.2, 0) is 52.7 Å². The number of carbonyl (C=O) groups excluding carboxylic acids is 5. The first-order valence-electron chi connectivity index (χ1n) is 20.7. The van der Waals surface area contributed by atoms with Gasteiger partial charge in [0, 0.05) is 36.7 Å². The van der Waals surface area contributed by atoms with Crippen LogP contribution in [0.25, 0.3) is 0 Å². The lowest BCUT2D eigenvalue weighted by molar-refractivity contribution is -0.141. The minimum Gasteiger partial charge on any atom is -0.446 e. The number of nitrogens with one attached hydrogen (secondary N) is 4. The highest BCUT2D eigenvalue weighted by atomic mass is 32.2. The van der Waals surface area contributed by atoms with Gasteiger partial charge < -0.3 is 30.3 Å². The fourth-order valence-electron chi connectivity index (χ4n) is 8.75. The third-order valence-electron chi connectivity index (χ3n) is 12.1. The van der Waals surface area contributed by atoms with E-state index >= 15 is 0 Å². The van der Waals surface area contributed by atoms with E-state index in [0.29, 0.717) is 35.3 Å². The number of para-hydroxylation sites is 1. The largest absolute Gasteiger partial charge is 0.446 e.